The number of rotatable bonds is 6. The monoisotopic (exact) mass is 392 g/mol. The van der Waals surface area contributed by atoms with Crippen LogP contribution in [0.2, 0.25) is 0 Å². The minimum atomic E-state index is -3.17. The summed E-state index contributed by atoms with van der Waals surface area (Å²) in [5.74, 6) is 0.979. The first-order valence-corrected chi connectivity index (χ1v) is 11.7. The lowest BCUT2D eigenvalue weighted by Crippen LogP contribution is -2.17. The molecule has 7 heteroatoms. The van der Waals surface area contributed by atoms with Crippen molar-refractivity contribution in [1.29, 1.82) is 0 Å². The van der Waals surface area contributed by atoms with E-state index < -0.39 is 10.0 Å². The van der Waals surface area contributed by atoms with Crippen LogP contribution in [0, 0.1) is 0 Å². The molecule has 2 aromatic rings. The standard InChI is InChI=1S/C11H18N2.C9H14N2O2S/c1-3-9(2)10-7-12-13(8-10)11-5-4-6-11;1-7(2)8-5-10-11(6-8)14(12,13)9-3-4-9/h7-9,11H,3-6H2,1-2H3;5-7,9H,3-4H2,1-2H3. The molecule has 0 aromatic carbocycles. The molecule has 6 nitrogen and oxygen atoms in total. The zero-order chi connectivity index (χ0) is 19.6. The fourth-order valence-electron chi connectivity index (χ4n) is 2.97. The summed E-state index contributed by atoms with van der Waals surface area (Å²) in [7, 11) is -3.17. The van der Waals surface area contributed by atoms with Crippen molar-refractivity contribution < 1.29 is 8.42 Å². The van der Waals surface area contributed by atoms with Crippen LogP contribution in [0.1, 0.15) is 95.2 Å². The Morgan fingerprint density at radius 1 is 1.04 bits per heavy atom. The summed E-state index contributed by atoms with van der Waals surface area (Å²) >= 11 is 0. The molecule has 1 atom stereocenters. The Morgan fingerprint density at radius 3 is 2.19 bits per heavy atom. The normalized spacial score (nSPS) is 18.7. The van der Waals surface area contributed by atoms with E-state index in [9.17, 15) is 8.42 Å². The van der Waals surface area contributed by atoms with Gasteiger partial charge in [-0.05, 0) is 61.5 Å². The van der Waals surface area contributed by atoms with Crippen LogP contribution >= 0.6 is 0 Å². The molecule has 27 heavy (non-hydrogen) atoms. The van der Waals surface area contributed by atoms with Gasteiger partial charge in [0.15, 0.2) is 0 Å². The zero-order valence-electron chi connectivity index (χ0n) is 16.9. The topological polar surface area (TPSA) is 69.8 Å². The molecule has 150 valence electrons. The second-order valence-electron chi connectivity index (χ2n) is 8.19. The van der Waals surface area contributed by atoms with Gasteiger partial charge >= 0.3 is 0 Å². The molecular weight excluding hydrogens is 360 g/mol. The zero-order valence-corrected chi connectivity index (χ0v) is 17.7. The van der Waals surface area contributed by atoms with Gasteiger partial charge in [0.2, 0.25) is 0 Å². The average molecular weight is 393 g/mol. The largest absolute Gasteiger partial charge is 0.269 e. The van der Waals surface area contributed by atoms with Gasteiger partial charge in [0.25, 0.3) is 10.0 Å². The molecule has 0 aliphatic heterocycles. The third kappa shape index (κ3) is 4.62. The van der Waals surface area contributed by atoms with Gasteiger partial charge in [-0.2, -0.15) is 14.3 Å². The van der Waals surface area contributed by atoms with Crippen molar-refractivity contribution >= 4 is 10.0 Å². The number of aromatic nitrogens is 4. The van der Waals surface area contributed by atoms with E-state index in [1.807, 2.05) is 20.0 Å². The average Bonchev–Trinajstić information content (AvgIpc) is 3.14. The molecule has 1 unspecified atom stereocenters. The van der Waals surface area contributed by atoms with Crippen LogP contribution in [-0.2, 0) is 10.0 Å². The Kier molecular flexibility index (Phi) is 6.08. The molecular formula is C20H32N4O2S. The summed E-state index contributed by atoms with van der Waals surface area (Å²) in [6.45, 7) is 8.53. The van der Waals surface area contributed by atoms with E-state index in [1.165, 1.54) is 31.2 Å². The highest BCUT2D eigenvalue weighted by molar-refractivity contribution is 7.90. The van der Waals surface area contributed by atoms with E-state index in [0.29, 0.717) is 17.9 Å². The van der Waals surface area contributed by atoms with Gasteiger partial charge in [-0.1, -0.05) is 27.7 Å². The van der Waals surface area contributed by atoms with E-state index in [0.717, 1.165) is 22.5 Å². The summed E-state index contributed by atoms with van der Waals surface area (Å²) in [4.78, 5) is 0. The molecule has 2 heterocycles. The third-order valence-corrected chi connectivity index (χ3v) is 7.74. The van der Waals surface area contributed by atoms with Crippen molar-refractivity contribution in [2.45, 2.75) is 89.3 Å². The molecule has 0 amide bonds. The summed E-state index contributed by atoms with van der Waals surface area (Å²) in [6, 6.07) is 0.706. The van der Waals surface area contributed by atoms with Crippen molar-refractivity contribution in [1.82, 2.24) is 19.0 Å². The first-order chi connectivity index (χ1) is 12.8. The van der Waals surface area contributed by atoms with E-state index in [-0.39, 0.29) is 5.25 Å². The molecule has 0 N–H and O–H groups in total. The van der Waals surface area contributed by atoms with Crippen LogP contribution < -0.4 is 0 Å². The van der Waals surface area contributed by atoms with Crippen LogP contribution in [-0.4, -0.2) is 32.6 Å². The minimum absolute atomic E-state index is 0.192. The van der Waals surface area contributed by atoms with Crippen LogP contribution in [0.4, 0.5) is 0 Å². The fraction of sp³-hybridized carbons (Fsp3) is 0.700. The highest BCUT2D eigenvalue weighted by Gasteiger charge is 2.37. The van der Waals surface area contributed by atoms with Crippen LogP contribution in [0.15, 0.2) is 24.8 Å². The highest BCUT2D eigenvalue weighted by atomic mass is 32.2. The molecule has 0 saturated heterocycles. The van der Waals surface area contributed by atoms with Crippen LogP contribution in [0.5, 0.6) is 0 Å². The van der Waals surface area contributed by atoms with Crippen molar-refractivity contribution in [2.24, 2.45) is 0 Å². The summed E-state index contributed by atoms with van der Waals surface area (Å²) < 4.78 is 26.7. The second kappa shape index (κ2) is 8.17. The van der Waals surface area contributed by atoms with Crippen LogP contribution in [0.3, 0.4) is 0 Å². The maximum atomic E-state index is 11.7. The Labute approximate surface area is 163 Å². The predicted molar refractivity (Wildman–Crippen MR) is 107 cm³/mol. The summed E-state index contributed by atoms with van der Waals surface area (Å²) in [5, 5.41) is 8.13. The van der Waals surface area contributed by atoms with Gasteiger partial charge in [-0.15, -0.1) is 0 Å². The molecule has 2 saturated carbocycles. The van der Waals surface area contributed by atoms with Crippen molar-refractivity contribution in [3.05, 3.63) is 35.9 Å². The van der Waals surface area contributed by atoms with E-state index >= 15 is 0 Å². The fourth-order valence-corrected chi connectivity index (χ4v) is 4.45. The lowest BCUT2D eigenvalue weighted by Gasteiger charge is -2.25. The first kappa shape index (κ1) is 20.1. The van der Waals surface area contributed by atoms with Crippen molar-refractivity contribution in [2.75, 3.05) is 0 Å². The molecule has 0 radical (unpaired) electrons. The van der Waals surface area contributed by atoms with Gasteiger partial charge in [-0.25, -0.2) is 8.42 Å². The van der Waals surface area contributed by atoms with Gasteiger partial charge < -0.3 is 0 Å². The molecule has 2 fully saturated rings. The number of nitrogens with zero attached hydrogens (tertiary/aromatic N) is 4. The Hall–Kier alpha value is -1.63. The number of hydrogen-bond donors (Lipinski definition) is 0. The molecule has 2 aliphatic rings. The Bertz CT molecular complexity index is 826. The number of hydrogen-bond acceptors (Lipinski definition) is 4. The molecule has 2 aromatic heterocycles. The van der Waals surface area contributed by atoms with Gasteiger partial charge in [0.05, 0.1) is 23.7 Å². The van der Waals surface area contributed by atoms with Gasteiger partial charge in [-0.3, -0.25) is 4.68 Å². The smallest absolute Gasteiger partial charge is 0.256 e. The lowest BCUT2D eigenvalue weighted by molar-refractivity contribution is 0.289. The lowest BCUT2D eigenvalue weighted by atomic mass is 9.93. The minimum Gasteiger partial charge on any atom is -0.269 e. The third-order valence-electron chi connectivity index (χ3n) is 5.70. The van der Waals surface area contributed by atoms with E-state index in [1.54, 1.807) is 12.4 Å². The quantitative estimate of drug-likeness (QED) is 0.727. The molecule has 4 rings (SSSR count). The summed E-state index contributed by atoms with van der Waals surface area (Å²) in [6.07, 6.45) is 14.3. The first-order valence-electron chi connectivity index (χ1n) is 10.2. The maximum absolute atomic E-state index is 11.7. The second-order valence-corrected chi connectivity index (χ2v) is 10.3. The molecule has 0 spiro atoms. The predicted octanol–water partition coefficient (Wildman–Crippen LogP) is 4.47. The summed E-state index contributed by atoms with van der Waals surface area (Å²) in [5.41, 5.74) is 2.36. The van der Waals surface area contributed by atoms with E-state index in [2.05, 4.69) is 34.9 Å². The molecule has 0 bridgehead atoms. The molecule has 2 aliphatic carbocycles. The van der Waals surface area contributed by atoms with Crippen molar-refractivity contribution in [3.63, 3.8) is 0 Å². The highest BCUT2D eigenvalue weighted by Crippen LogP contribution is 2.32. The van der Waals surface area contributed by atoms with Crippen molar-refractivity contribution in [3.8, 4) is 0 Å². The van der Waals surface area contributed by atoms with Gasteiger partial charge in [0, 0.05) is 12.4 Å². The van der Waals surface area contributed by atoms with E-state index in [4.69, 9.17) is 0 Å². The van der Waals surface area contributed by atoms with Gasteiger partial charge in [0.1, 0.15) is 0 Å². The van der Waals surface area contributed by atoms with Crippen LogP contribution in [0.25, 0.3) is 0 Å². The maximum Gasteiger partial charge on any atom is 0.256 e. The Balaban J connectivity index is 0.000000156. The SMILES string of the molecule is CC(C)c1cnn(S(=O)(=O)C2CC2)c1.CCC(C)c1cnn(C2CCC2)c1. The Morgan fingerprint density at radius 2 is 1.70 bits per heavy atom.